The van der Waals surface area contributed by atoms with E-state index in [1.54, 1.807) is 20.3 Å². The van der Waals surface area contributed by atoms with Crippen LogP contribution in [0.3, 0.4) is 0 Å². The fourth-order valence-corrected chi connectivity index (χ4v) is 1.90. The second-order valence-electron chi connectivity index (χ2n) is 4.73. The first kappa shape index (κ1) is 16.1. The number of methoxy groups -OCH3 is 2. The number of rotatable bonds is 8. The van der Waals surface area contributed by atoms with Crippen LogP contribution < -0.4 is 14.2 Å². The van der Waals surface area contributed by atoms with Crippen molar-refractivity contribution in [1.29, 1.82) is 0 Å². The Morgan fingerprint density at radius 1 is 1.15 bits per heavy atom. The molecule has 0 saturated heterocycles. The summed E-state index contributed by atoms with van der Waals surface area (Å²) < 4.78 is 16.3. The molecule has 0 heterocycles. The zero-order valence-corrected chi connectivity index (χ0v) is 12.4. The lowest BCUT2D eigenvalue weighted by Gasteiger charge is -2.17. The molecule has 112 valence electrons. The van der Waals surface area contributed by atoms with E-state index in [0.717, 1.165) is 5.56 Å². The second-order valence-corrected chi connectivity index (χ2v) is 4.73. The molecule has 1 aromatic rings. The highest BCUT2D eigenvalue weighted by Crippen LogP contribution is 2.36. The molecule has 1 rings (SSSR count). The van der Waals surface area contributed by atoms with Crippen LogP contribution in [0.5, 0.6) is 17.2 Å². The summed E-state index contributed by atoms with van der Waals surface area (Å²) in [6, 6.07) is 3.63. The maximum Gasteiger partial charge on any atom is 0.303 e. The monoisotopic (exact) mass is 282 g/mol. The predicted molar refractivity (Wildman–Crippen MR) is 75.9 cm³/mol. The average Bonchev–Trinajstić information content (AvgIpc) is 2.38. The Balaban J connectivity index is 2.96. The van der Waals surface area contributed by atoms with E-state index >= 15 is 0 Å². The Hall–Kier alpha value is -1.91. The van der Waals surface area contributed by atoms with Gasteiger partial charge in [-0.2, -0.15) is 0 Å². The molecule has 0 amide bonds. The minimum absolute atomic E-state index is 0.0338. The number of benzene rings is 1. The first-order valence-corrected chi connectivity index (χ1v) is 6.61. The van der Waals surface area contributed by atoms with Gasteiger partial charge in [0.15, 0.2) is 11.5 Å². The molecule has 20 heavy (non-hydrogen) atoms. The summed E-state index contributed by atoms with van der Waals surface area (Å²) >= 11 is 0. The van der Waals surface area contributed by atoms with E-state index in [1.165, 1.54) is 0 Å². The largest absolute Gasteiger partial charge is 0.496 e. The molecular weight excluding hydrogens is 260 g/mol. The summed E-state index contributed by atoms with van der Waals surface area (Å²) in [6.45, 7) is 3.87. The maximum atomic E-state index is 10.6. The standard InChI is InChI=1S/C15H22O5/c1-10(2)20-14-9-12(18-3)11(8-13(14)19-4)6-5-7-15(16)17/h8-10H,5-7H2,1-4H3,(H,16,17). The van der Waals surface area contributed by atoms with Crippen molar-refractivity contribution in [3.63, 3.8) is 0 Å². The minimum Gasteiger partial charge on any atom is -0.496 e. The number of hydrogen-bond donors (Lipinski definition) is 1. The fraction of sp³-hybridized carbons (Fsp3) is 0.533. The van der Waals surface area contributed by atoms with E-state index in [4.69, 9.17) is 19.3 Å². The van der Waals surface area contributed by atoms with Gasteiger partial charge in [-0.05, 0) is 38.3 Å². The van der Waals surface area contributed by atoms with Gasteiger partial charge in [0, 0.05) is 12.5 Å². The zero-order valence-electron chi connectivity index (χ0n) is 12.4. The molecule has 5 nitrogen and oxygen atoms in total. The van der Waals surface area contributed by atoms with Gasteiger partial charge in [-0.25, -0.2) is 0 Å². The summed E-state index contributed by atoms with van der Waals surface area (Å²) in [6.07, 6.45) is 1.34. The fourth-order valence-electron chi connectivity index (χ4n) is 1.90. The van der Waals surface area contributed by atoms with Crippen LogP contribution in [0.1, 0.15) is 32.3 Å². The first-order chi connectivity index (χ1) is 9.47. The summed E-state index contributed by atoms with van der Waals surface area (Å²) in [5.41, 5.74) is 0.918. The summed E-state index contributed by atoms with van der Waals surface area (Å²) in [5, 5.41) is 8.69. The SMILES string of the molecule is COc1cc(OC(C)C)c(OC)cc1CCCC(=O)O. The van der Waals surface area contributed by atoms with E-state index in [2.05, 4.69) is 0 Å². The van der Waals surface area contributed by atoms with Crippen molar-refractivity contribution in [1.82, 2.24) is 0 Å². The van der Waals surface area contributed by atoms with Gasteiger partial charge in [0.05, 0.1) is 20.3 Å². The quantitative estimate of drug-likeness (QED) is 0.794. The number of carboxylic acids is 1. The number of hydrogen-bond acceptors (Lipinski definition) is 4. The van der Waals surface area contributed by atoms with Gasteiger partial charge >= 0.3 is 5.97 Å². The number of carboxylic acid groups (broad SMARTS) is 1. The third kappa shape index (κ3) is 4.64. The van der Waals surface area contributed by atoms with E-state index in [0.29, 0.717) is 30.1 Å². The zero-order chi connectivity index (χ0) is 15.1. The smallest absolute Gasteiger partial charge is 0.303 e. The van der Waals surface area contributed by atoms with Crippen molar-refractivity contribution < 1.29 is 24.1 Å². The van der Waals surface area contributed by atoms with Crippen LogP contribution in [0.15, 0.2) is 12.1 Å². The molecule has 0 aliphatic rings. The van der Waals surface area contributed by atoms with Crippen LogP contribution in [-0.4, -0.2) is 31.4 Å². The van der Waals surface area contributed by atoms with Gasteiger partial charge in [-0.15, -0.1) is 0 Å². The molecule has 0 aliphatic heterocycles. The molecule has 1 aromatic carbocycles. The van der Waals surface area contributed by atoms with Crippen molar-refractivity contribution in [3.8, 4) is 17.2 Å². The van der Waals surface area contributed by atoms with Crippen molar-refractivity contribution in [2.75, 3.05) is 14.2 Å². The summed E-state index contributed by atoms with van der Waals surface area (Å²) in [5.74, 6) is 1.15. The maximum absolute atomic E-state index is 10.6. The third-order valence-electron chi connectivity index (χ3n) is 2.77. The highest BCUT2D eigenvalue weighted by Gasteiger charge is 2.13. The highest BCUT2D eigenvalue weighted by molar-refractivity contribution is 5.66. The highest BCUT2D eigenvalue weighted by atomic mass is 16.5. The van der Waals surface area contributed by atoms with Crippen molar-refractivity contribution in [3.05, 3.63) is 17.7 Å². The molecule has 0 unspecified atom stereocenters. The van der Waals surface area contributed by atoms with Gasteiger partial charge in [-0.1, -0.05) is 0 Å². The Morgan fingerprint density at radius 2 is 1.80 bits per heavy atom. The van der Waals surface area contributed by atoms with Gasteiger partial charge in [0.2, 0.25) is 0 Å². The van der Waals surface area contributed by atoms with E-state index < -0.39 is 5.97 Å². The molecule has 0 atom stereocenters. The van der Waals surface area contributed by atoms with Crippen LogP contribution in [0.25, 0.3) is 0 Å². The molecule has 0 radical (unpaired) electrons. The molecule has 5 heteroatoms. The molecule has 0 bridgehead atoms. The Morgan fingerprint density at radius 3 is 2.30 bits per heavy atom. The first-order valence-electron chi connectivity index (χ1n) is 6.61. The Bertz CT molecular complexity index is 454. The van der Waals surface area contributed by atoms with Crippen LogP contribution in [0.2, 0.25) is 0 Å². The summed E-state index contributed by atoms with van der Waals surface area (Å²) in [7, 11) is 3.16. The van der Waals surface area contributed by atoms with Crippen LogP contribution in [0, 0.1) is 0 Å². The van der Waals surface area contributed by atoms with E-state index in [9.17, 15) is 4.79 Å². The number of ether oxygens (including phenoxy) is 3. The number of aliphatic carboxylic acids is 1. The topological polar surface area (TPSA) is 65.0 Å². The lowest BCUT2D eigenvalue weighted by atomic mass is 10.1. The molecular formula is C15H22O5. The van der Waals surface area contributed by atoms with Gasteiger partial charge in [-0.3, -0.25) is 4.79 Å². The number of carbonyl (C=O) groups is 1. The lowest BCUT2D eigenvalue weighted by molar-refractivity contribution is -0.137. The van der Waals surface area contributed by atoms with Crippen LogP contribution in [0.4, 0.5) is 0 Å². The lowest BCUT2D eigenvalue weighted by Crippen LogP contribution is -2.07. The average molecular weight is 282 g/mol. The Kier molecular flexibility index (Phi) is 6.15. The molecule has 0 fully saturated rings. The van der Waals surface area contributed by atoms with E-state index in [-0.39, 0.29) is 12.5 Å². The van der Waals surface area contributed by atoms with E-state index in [1.807, 2.05) is 19.9 Å². The van der Waals surface area contributed by atoms with Gasteiger partial charge in [0.25, 0.3) is 0 Å². The molecule has 0 spiro atoms. The normalized spacial score (nSPS) is 10.4. The van der Waals surface area contributed by atoms with Crippen molar-refractivity contribution in [2.24, 2.45) is 0 Å². The third-order valence-corrected chi connectivity index (χ3v) is 2.77. The van der Waals surface area contributed by atoms with Gasteiger partial charge < -0.3 is 19.3 Å². The summed E-state index contributed by atoms with van der Waals surface area (Å²) in [4.78, 5) is 10.6. The molecule has 0 saturated carbocycles. The van der Waals surface area contributed by atoms with Crippen LogP contribution >= 0.6 is 0 Å². The van der Waals surface area contributed by atoms with Crippen molar-refractivity contribution >= 4 is 5.97 Å². The molecule has 0 aliphatic carbocycles. The number of aryl methyl sites for hydroxylation is 1. The van der Waals surface area contributed by atoms with Gasteiger partial charge in [0.1, 0.15) is 5.75 Å². The van der Waals surface area contributed by atoms with Crippen LogP contribution in [-0.2, 0) is 11.2 Å². The molecule has 0 aromatic heterocycles. The van der Waals surface area contributed by atoms with Crippen molar-refractivity contribution in [2.45, 2.75) is 39.2 Å². The second kappa shape index (κ2) is 7.62. The predicted octanol–water partition coefficient (Wildman–Crippen LogP) is 2.90. The molecule has 1 N–H and O–H groups in total. The Labute approximate surface area is 119 Å². The minimum atomic E-state index is -0.796.